The molecule has 1 amide bonds. The largest absolute Gasteiger partial charge is 0.436 e. The van der Waals surface area contributed by atoms with Gasteiger partial charge in [0.2, 0.25) is 0 Å². The van der Waals surface area contributed by atoms with Crippen molar-refractivity contribution in [3.05, 3.63) is 32.8 Å². The van der Waals surface area contributed by atoms with Crippen LogP contribution in [0.1, 0.15) is 28.8 Å². The monoisotopic (exact) mass is 427 g/mol. The lowest BCUT2D eigenvalue weighted by molar-refractivity contribution is -0.142. The zero-order valence-corrected chi connectivity index (χ0v) is 15.4. The molecule has 2 heterocycles. The summed E-state index contributed by atoms with van der Waals surface area (Å²) in [7, 11) is 2.73. The van der Waals surface area contributed by atoms with Crippen LogP contribution >= 0.6 is 27.5 Å². The summed E-state index contributed by atoms with van der Waals surface area (Å²) < 4.78 is 40.8. The lowest BCUT2D eigenvalue weighted by atomic mass is 10.3. The lowest BCUT2D eigenvalue weighted by Gasteiger charge is -2.16. The Morgan fingerprint density at radius 2 is 2.04 bits per heavy atom. The van der Waals surface area contributed by atoms with Gasteiger partial charge >= 0.3 is 6.18 Å². The Morgan fingerprint density at radius 3 is 2.50 bits per heavy atom. The number of amides is 1. The second-order valence-electron chi connectivity index (χ2n) is 5.07. The number of alkyl halides is 3. The van der Waals surface area contributed by atoms with Crippen LogP contribution in [0.2, 0.25) is 5.02 Å². The number of aryl methyl sites for hydroxylation is 2. The van der Waals surface area contributed by atoms with E-state index < -0.39 is 17.8 Å². The number of carbonyl (C=O) groups is 1. The van der Waals surface area contributed by atoms with E-state index in [-0.39, 0.29) is 16.7 Å². The van der Waals surface area contributed by atoms with Gasteiger partial charge in [-0.3, -0.25) is 14.2 Å². The van der Waals surface area contributed by atoms with Crippen molar-refractivity contribution in [3.8, 4) is 0 Å². The van der Waals surface area contributed by atoms with Crippen LogP contribution in [0.3, 0.4) is 0 Å². The van der Waals surface area contributed by atoms with Crippen LogP contribution in [0.25, 0.3) is 0 Å². The third-order valence-electron chi connectivity index (χ3n) is 3.31. The molecule has 0 aliphatic rings. The zero-order chi connectivity index (χ0) is 18.2. The first-order valence-electron chi connectivity index (χ1n) is 6.83. The molecule has 0 bridgehead atoms. The van der Waals surface area contributed by atoms with Crippen LogP contribution in [0.5, 0.6) is 0 Å². The van der Waals surface area contributed by atoms with Gasteiger partial charge in [0.15, 0.2) is 5.69 Å². The number of hydrogen-bond acceptors (Lipinski definition) is 3. The summed E-state index contributed by atoms with van der Waals surface area (Å²) >= 11 is 8.87. The Kier molecular flexibility index (Phi) is 5.28. The van der Waals surface area contributed by atoms with Crippen molar-refractivity contribution >= 4 is 33.4 Å². The standard InChI is InChI=1S/C13H14BrClF3N5O/c1-4-23-5-7(15)8(19-23)6-21(2)12(24)10-9(14)11(13(16,17)18)20-22(10)3/h5H,4,6H2,1-3H3. The van der Waals surface area contributed by atoms with Gasteiger partial charge in [0, 0.05) is 26.8 Å². The van der Waals surface area contributed by atoms with Crippen LogP contribution < -0.4 is 0 Å². The Morgan fingerprint density at radius 1 is 1.42 bits per heavy atom. The highest BCUT2D eigenvalue weighted by atomic mass is 79.9. The van der Waals surface area contributed by atoms with Gasteiger partial charge in [0.05, 0.1) is 16.0 Å². The molecule has 0 saturated carbocycles. The molecule has 2 aromatic rings. The van der Waals surface area contributed by atoms with Crippen LogP contribution in [-0.2, 0) is 26.3 Å². The Hall–Kier alpha value is -1.55. The Labute approximate surface area is 149 Å². The molecule has 0 aliphatic heterocycles. The van der Waals surface area contributed by atoms with Crippen molar-refractivity contribution in [2.24, 2.45) is 7.05 Å². The van der Waals surface area contributed by atoms with Crippen molar-refractivity contribution in [1.29, 1.82) is 0 Å². The highest BCUT2D eigenvalue weighted by Gasteiger charge is 2.39. The van der Waals surface area contributed by atoms with E-state index in [1.54, 1.807) is 10.9 Å². The van der Waals surface area contributed by atoms with Crippen LogP contribution in [0.15, 0.2) is 10.7 Å². The number of hydrogen-bond donors (Lipinski definition) is 0. The van der Waals surface area contributed by atoms with Crippen LogP contribution in [-0.4, -0.2) is 37.4 Å². The third-order valence-corrected chi connectivity index (χ3v) is 4.37. The molecule has 11 heteroatoms. The summed E-state index contributed by atoms with van der Waals surface area (Å²) in [5.74, 6) is -0.630. The minimum absolute atomic E-state index is 0.0592. The first-order valence-corrected chi connectivity index (χ1v) is 8.00. The fraction of sp³-hybridized carbons (Fsp3) is 0.462. The summed E-state index contributed by atoms with van der Waals surface area (Å²) in [6, 6.07) is 0. The van der Waals surface area contributed by atoms with Crippen molar-refractivity contribution < 1.29 is 18.0 Å². The average Bonchev–Trinajstić information content (AvgIpc) is 2.98. The van der Waals surface area contributed by atoms with Crippen molar-refractivity contribution in [2.45, 2.75) is 26.2 Å². The summed E-state index contributed by atoms with van der Waals surface area (Å²) in [4.78, 5) is 13.7. The van der Waals surface area contributed by atoms with Gasteiger partial charge in [-0.2, -0.15) is 23.4 Å². The first kappa shape index (κ1) is 18.8. The summed E-state index contributed by atoms with van der Waals surface area (Å²) in [5.41, 5.74) is -0.880. The molecule has 0 aromatic carbocycles. The molecular weight excluding hydrogens is 415 g/mol. The SMILES string of the molecule is CCn1cc(Cl)c(CN(C)C(=O)c2c(Br)c(C(F)(F)F)nn2C)n1. The van der Waals surface area contributed by atoms with E-state index in [9.17, 15) is 18.0 Å². The number of halogens is 5. The quantitative estimate of drug-likeness (QED) is 0.750. The first-order chi connectivity index (χ1) is 11.1. The maximum absolute atomic E-state index is 12.9. The molecule has 24 heavy (non-hydrogen) atoms. The van der Waals surface area contributed by atoms with Crippen molar-refractivity contribution in [1.82, 2.24) is 24.5 Å². The van der Waals surface area contributed by atoms with E-state index in [0.29, 0.717) is 17.3 Å². The smallest absolute Gasteiger partial charge is 0.334 e. The van der Waals surface area contributed by atoms with E-state index in [2.05, 4.69) is 26.1 Å². The molecule has 132 valence electrons. The maximum atomic E-state index is 12.9. The molecule has 0 aliphatic carbocycles. The highest BCUT2D eigenvalue weighted by Crippen LogP contribution is 2.36. The molecule has 0 spiro atoms. The highest BCUT2D eigenvalue weighted by molar-refractivity contribution is 9.10. The maximum Gasteiger partial charge on any atom is 0.436 e. The molecule has 0 unspecified atom stereocenters. The van der Waals surface area contributed by atoms with Crippen LogP contribution in [0, 0.1) is 0 Å². The normalized spacial score (nSPS) is 11.8. The molecule has 0 atom stereocenters. The predicted octanol–water partition coefficient (Wildman–Crippen LogP) is 3.34. The fourth-order valence-corrected chi connectivity index (χ4v) is 3.04. The number of aromatic nitrogens is 4. The molecule has 0 fully saturated rings. The molecule has 6 nitrogen and oxygen atoms in total. The van der Waals surface area contributed by atoms with Gasteiger partial charge in [-0.1, -0.05) is 11.6 Å². The summed E-state index contributed by atoms with van der Waals surface area (Å²) in [6.45, 7) is 2.55. The van der Waals surface area contributed by atoms with Crippen molar-refractivity contribution in [3.63, 3.8) is 0 Å². The van der Waals surface area contributed by atoms with Gasteiger partial charge in [-0.05, 0) is 22.9 Å². The number of carbonyl (C=O) groups excluding carboxylic acids is 1. The number of rotatable bonds is 4. The average molecular weight is 429 g/mol. The van der Waals surface area contributed by atoms with E-state index in [4.69, 9.17) is 11.6 Å². The van der Waals surface area contributed by atoms with Crippen molar-refractivity contribution in [2.75, 3.05) is 7.05 Å². The Balaban J connectivity index is 2.28. The van der Waals surface area contributed by atoms with Gasteiger partial charge in [0.25, 0.3) is 5.91 Å². The molecule has 0 radical (unpaired) electrons. The third kappa shape index (κ3) is 3.59. The predicted molar refractivity (Wildman–Crippen MR) is 84.6 cm³/mol. The lowest BCUT2D eigenvalue weighted by Crippen LogP contribution is -2.28. The molecular formula is C13H14BrClF3N5O. The van der Waals surface area contributed by atoms with Gasteiger partial charge < -0.3 is 4.90 Å². The summed E-state index contributed by atoms with van der Waals surface area (Å²) in [5, 5.41) is 7.97. The van der Waals surface area contributed by atoms with Gasteiger partial charge in [-0.15, -0.1) is 0 Å². The minimum Gasteiger partial charge on any atom is -0.334 e. The number of nitrogens with zero attached hydrogens (tertiary/aromatic N) is 5. The fourth-order valence-electron chi connectivity index (χ4n) is 2.09. The molecule has 0 N–H and O–H groups in total. The van der Waals surface area contributed by atoms with E-state index in [0.717, 1.165) is 4.68 Å². The topological polar surface area (TPSA) is 56.0 Å². The molecule has 0 saturated heterocycles. The van der Waals surface area contributed by atoms with E-state index >= 15 is 0 Å². The van der Waals surface area contributed by atoms with E-state index in [1.807, 2.05) is 6.92 Å². The minimum atomic E-state index is -4.66. The second-order valence-corrected chi connectivity index (χ2v) is 6.27. The Bertz CT molecular complexity index is 770. The second kappa shape index (κ2) is 6.75. The van der Waals surface area contributed by atoms with E-state index in [1.165, 1.54) is 19.0 Å². The molecule has 2 aromatic heterocycles. The summed E-state index contributed by atoms with van der Waals surface area (Å²) in [6.07, 6.45) is -3.03. The zero-order valence-electron chi connectivity index (χ0n) is 13.0. The van der Waals surface area contributed by atoms with Crippen LogP contribution in [0.4, 0.5) is 13.2 Å². The molecule has 2 rings (SSSR count). The van der Waals surface area contributed by atoms with Gasteiger partial charge in [0.1, 0.15) is 11.4 Å². The van der Waals surface area contributed by atoms with Gasteiger partial charge in [-0.25, -0.2) is 0 Å².